The van der Waals surface area contributed by atoms with Crippen LogP contribution < -0.4 is 5.32 Å². The molecule has 1 aliphatic rings. The van der Waals surface area contributed by atoms with Gasteiger partial charge in [-0.15, -0.1) is 5.10 Å². The number of anilines is 1. The van der Waals surface area contributed by atoms with Crippen LogP contribution in [0.4, 0.5) is 10.3 Å². The van der Waals surface area contributed by atoms with Crippen molar-refractivity contribution in [3.63, 3.8) is 0 Å². The molecule has 0 spiro atoms. The Morgan fingerprint density at radius 1 is 1.13 bits per heavy atom. The number of hydrogen-bond acceptors (Lipinski definition) is 6. The number of halogens is 1. The molecule has 2 heterocycles. The minimum absolute atomic E-state index is 0.151. The SMILES string of the molecule is COCCOC(=O)C1=C(C)Nc2nc(-c3ccc(F)cc3)nn2[C@@H]1c1ccccc1. The van der Waals surface area contributed by atoms with Crippen LogP contribution in [0.2, 0.25) is 0 Å². The van der Waals surface area contributed by atoms with Crippen LogP contribution in [-0.4, -0.2) is 41.1 Å². The molecule has 0 unspecified atom stereocenters. The van der Waals surface area contributed by atoms with Gasteiger partial charge in [0.25, 0.3) is 0 Å². The van der Waals surface area contributed by atoms with Crippen molar-refractivity contribution < 1.29 is 18.7 Å². The summed E-state index contributed by atoms with van der Waals surface area (Å²) >= 11 is 0. The van der Waals surface area contributed by atoms with Crippen molar-refractivity contribution in [2.75, 3.05) is 25.6 Å². The number of nitrogens with zero attached hydrogens (tertiary/aromatic N) is 3. The Hall–Kier alpha value is -3.52. The van der Waals surface area contributed by atoms with Crippen molar-refractivity contribution >= 4 is 11.9 Å². The van der Waals surface area contributed by atoms with E-state index in [2.05, 4.69) is 15.4 Å². The van der Waals surface area contributed by atoms with E-state index in [4.69, 9.17) is 9.47 Å². The van der Waals surface area contributed by atoms with Gasteiger partial charge in [-0.25, -0.2) is 13.9 Å². The predicted molar refractivity (Wildman–Crippen MR) is 109 cm³/mol. The molecule has 4 rings (SSSR count). The topological polar surface area (TPSA) is 78.3 Å². The fourth-order valence-corrected chi connectivity index (χ4v) is 3.38. The quantitative estimate of drug-likeness (QED) is 0.496. The van der Waals surface area contributed by atoms with Crippen LogP contribution in [0.15, 0.2) is 65.9 Å². The Kier molecular flexibility index (Phi) is 5.58. The normalized spacial score (nSPS) is 15.5. The maximum absolute atomic E-state index is 13.3. The van der Waals surface area contributed by atoms with Crippen molar-refractivity contribution in [3.8, 4) is 11.4 Å². The molecule has 1 aromatic heterocycles. The van der Waals surface area contributed by atoms with E-state index in [0.717, 1.165) is 5.56 Å². The van der Waals surface area contributed by atoms with Gasteiger partial charge in [0.2, 0.25) is 5.95 Å². The first-order chi connectivity index (χ1) is 14.6. The highest BCUT2D eigenvalue weighted by Crippen LogP contribution is 2.36. The summed E-state index contributed by atoms with van der Waals surface area (Å²) in [6, 6.07) is 15.0. The number of allylic oxidation sites excluding steroid dienone is 1. The summed E-state index contributed by atoms with van der Waals surface area (Å²) < 4.78 is 25.3. The average Bonchev–Trinajstić information content (AvgIpc) is 3.17. The van der Waals surface area contributed by atoms with Crippen molar-refractivity contribution in [3.05, 3.63) is 77.2 Å². The number of rotatable bonds is 6. The Bertz CT molecular complexity index is 1080. The summed E-state index contributed by atoms with van der Waals surface area (Å²) in [5, 5.41) is 7.77. The van der Waals surface area contributed by atoms with Crippen LogP contribution in [0.25, 0.3) is 11.4 Å². The fraction of sp³-hybridized carbons (Fsp3) is 0.227. The van der Waals surface area contributed by atoms with Crippen LogP contribution in [0, 0.1) is 5.82 Å². The van der Waals surface area contributed by atoms with Crippen LogP contribution in [0.1, 0.15) is 18.5 Å². The summed E-state index contributed by atoms with van der Waals surface area (Å²) in [5.74, 6) is 0.145. The van der Waals surface area contributed by atoms with E-state index >= 15 is 0 Å². The Balaban J connectivity index is 1.77. The van der Waals surface area contributed by atoms with Crippen molar-refractivity contribution in [2.45, 2.75) is 13.0 Å². The number of fused-ring (bicyclic) bond motifs is 1. The predicted octanol–water partition coefficient (Wildman–Crippen LogP) is 3.56. The molecular formula is C22H21FN4O3. The van der Waals surface area contributed by atoms with Gasteiger partial charge in [0, 0.05) is 18.4 Å². The third-order valence-electron chi connectivity index (χ3n) is 4.81. The molecule has 1 atom stereocenters. The molecule has 0 saturated heterocycles. The summed E-state index contributed by atoms with van der Waals surface area (Å²) in [6.45, 7) is 2.27. The third kappa shape index (κ3) is 3.81. The van der Waals surface area contributed by atoms with Gasteiger partial charge < -0.3 is 14.8 Å². The van der Waals surface area contributed by atoms with Gasteiger partial charge in [-0.05, 0) is 36.8 Å². The zero-order valence-electron chi connectivity index (χ0n) is 16.6. The van der Waals surface area contributed by atoms with Gasteiger partial charge in [0.15, 0.2) is 5.82 Å². The molecule has 3 aromatic rings. The number of ether oxygens (including phenoxy) is 2. The molecule has 0 aliphatic carbocycles. The molecule has 2 aromatic carbocycles. The lowest BCUT2D eigenvalue weighted by molar-refractivity contribution is -0.140. The van der Waals surface area contributed by atoms with Gasteiger partial charge in [-0.2, -0.15) is 4.98 Å². The molecule has 154 valence electrons. The number of methoxy groups -OCH3 is 1. The molecule has 0 amide bonds. The van der Waals surface area contributed by atoms with E-state index in [1.807, 2.05) is 30.3 Å². The standard InChI is InChI=1S/C22H21FN4O3/c1-14-18(21(28)30-13-12-29-2)19(15-6-4-3-5-7-15)27-22(24-14)25-20(26-27)16-8-10-17(23)11-9-16/h3-11,19H,12-13H2,1-2H3,(H,24,25,26)/t19-/m1/s1. The number of benzene rings is 2. The van der Waals surface area contributed by atoms with Crippen molar-refractivity contribution in [1.82, 2.24) is 14.8 Å². The third-order valence-corrected chi connectivity index (χ3v) is 4.81. The highest BCUT2D eigenvalue weighted by molar-refractivity contribution is 5.92. The van der Waals surface area contributed by atoms with Crippen molar-refractivity contribution in [1.29, 1.82) is 0 Å². The Morgan fingerprint density at radius 2 is 1.87 bits per heavy atom. The van der Waals surface area contributed by atoms with Gasteiger partial charge >= 0.3 is 5.97 Å². The Labute approximate surface area is 173 Å². The van der Waals surface area contributed by atoms with Gasteiger partial charge in [0.1, 0.15) is 18.5 Å². The lowest BCUT2D eigenvalue weighted by Gasteiger charge is -2.28. The smallest absolute Gasteiger partial charge is 0.338 e. The average molecular weight is 408 g/mol. The lowest BCUT2D eigenvalue weighted by atomic mass is 9.96. The fourth-order valence-electron chi connectivity index (χ4n) is 3.38. The number of aromatic nitrogens is 3. The number of hydrogen-bond donors (Lipinski definition) is 1. The number of esters is 1. The molecule has 0 bridgehead atoms. The van der Waals surface area contributed by atoms with Gasteiger partial charge in [-0.3, -0.25) is 0 Å². The molecule has 0 fully saturated rings. The molecule has 0 saturated carbocycles. The molecule has 8 heteroatoms. The first-order valence-corrected chi connectivity index (χ1v) is 9.49. The molecule has 7 nitrogen and oxygen atoms in total. The first kappa shape index (κ1) is 19.8. The van der Waals surface area contributed by atoms with Gasteiger partial charge in [-0.1, -0.05) is 30.3 Å². The molecule has 1 N–H and O–H groups in total. The largest absolute Gasteiger partial charge is 0.460 e. The zero-order valence-corrected chi connectivity index (χ0v) is 16.6. The minimum Gasteiger partial charge on any atom is -0.460 e. The molecule has 1 aliphatic heterocycles. The summed E-state index contributed by atoms with van der Waals surface area (Å²) in [6.07, 6.45) is 0. The molecular weight excluding hydrogens is 387 g/mol. The highest BCUT2D eigenvalue weighted by atomic mass is 19.1. The number of carbonyl (C=O) groups is 1. The van der Waals surface area contributed by atoms with E-state index in [0.29, 0.717) is 35.2 Å². The maximum Gasteiger partial charge on any atom is 0.338 e. The van der Waals surface area contributed by atoms with Crippen LogP contribution in [-0.2, 0) is 14.3 Å². The maximum atomic E-state index is 13.3. The van der Waals surface area contributed by atoms with E-state index in [1.54, 1.807) is 30.8 Å². The molecule has 0 radical (unpaired) electrons. The van der Waals surface area contributed by atoms with E-state index in [1.165, 1.54) is 12.1 Å². The second kappa shape index (κ2) is 8.46. The Morgan fingerprint density at radius 3 is 2.57 bits per heavy atom. The first-order valence-electron chi connectivity index (χ1n) is 9.49. The summed E-state index contributed by atoms with van der Waals surface area (Å²) in [5.41, 5.74) is 2.62. The number of nitrogens with one attached hydrogen (secondary N) is 1. The minimum atomic E-state index is -0.515. The van der Waals surface area contributed by atoms with E-state index in [-0.39, 0.29) is 12.4 Å². The highest BCUT2D eigenvalue weighted by Gasteiger charge is 2.35. The second-order valence-electron chi connectivity index (χ2n) is 6.82. The molecule has 30 heavy (non-hydrogen) atoms. The zero-order chi connectivity index (χ0) is 21.1. The monoisotopic (exact) mass is 408 g/mol. The summed E-state index contributed by atoms with van der Waals surface area (Å²) in [4.78, 5) is 17.5. The van der Waals surface area contributed by atoms with E-state index < -0.39 is 12.0 Å². The number of carbonyl (C=O) groups excluding carboxylic acids is 1. The lowest BCUT2D eigenvalue weighted by Crippen LogP contribution is -2.30. The summed E-state index contributed by atoms with van der Waals surface area (Å²) in [7, 11) is 1.55. The van der Waals surface area contributed by atoms with Crippen LogP contribution in [0.3, 0.4) is 0 Å². The van der Waals surface area contributed by atoms with Crippen molar-refractivity contribution in [2.24, 2.45) is 0 Å². The van der Waals surface area contributed by atoms with Gasteiger partial charge in [0.05, 0.1) is 12.2 Å². The second-order valence-corrected chi connectivity index (χ2v) is 6.82. The van der Waals surface area contributed by atoms with Crippen LogP contribution >= 0.6 is 0 Å². The van der Waals surface area contributed by atoms with E-state index in [9.17, 15) is 9.18 Å². The van der Waals surface area contributed by atoms with Crippen LogP contribution in [0.5, 0.6) is 0 Å².